The summed E-state index contributed by atoms with van der Waals surface area (Å²) < 4.78 is 5.16. The molecule has 0 bridgehead atoms. The molecule has 0 aliphatic rings. The van der Waals surface area contributed by atoms with Gasteiger partial charge in [-0.25, -0.2) is 0 Å². The first-order valence-electron chi connectivity index (χ1n) is 4.48. The summed E-state index contributed by atoms with van der Waals surface area (Å²) in [6.45, 7) is 7.17. The van der Waals surface area contributed by atoms with Crippen molar-refractivity contribution in [2.75, 3.05) is 19.6 Å². The van der Waals surface area contributed by atoms with Crippen molar-refractivity contribution in [1.29, 1.82) is 0 Å². The Morgan fingerprint density at radius 2 is 2.23 bits per heavy atom. The van der Waals surface area contributed by atoms with Crippen molar-refractivity contribution in [2.24, 2.45) is 0 Å². The summed E-state index contributed by atoms with van der Waals surface area (Å²) in [5.41, 5.74) is 0. The van der Waals surface area contributed by atoms with Gasteiger partial charge in [-0.05, 0) is 12.1 Å². The van der Waals surface area contributed by atoms with Gasteiger partial charge >= 0.3 is 0 Å². The molecule has 0 saturated heterocycles. The van der Waals surface area contributed by atoms with E-state index in [-0.39, 0.29) is 0 Å². The topological polar surface area (TPSA) is 37.2 Å². The lowest BCUT2D eigenvalue weighted by Gasteiger charge is -2.02. The number of nitrogens with one attached hydrogen (secondary N) is 2. The maximum absolute atomic E-state index is 5.16. The van der Waals surface area contributed by atoms with E-state index in [4.69, 9.17) is 4.42 Å². The summed E-state index contributed by atoms with van der Waals surface area (Å²) in [4.78, 5) is 0. The molecular weight excluding hydrogens is 164 g/mol. The molecule has 1 aromatic rings. The maximum atomic E-state index is 5.16. The lowest BCUT2D eigenvalue weighted by Crippen LogP contribution is -2.26. The van der Waals surface area contributed by atoms with E-state index in [9.17, 15) is 0 Å². The van der Waals surface area contributed by atoms with Gasteiger partial charge < -0.3 is 15.1 Å². The molecule has 0 aliphatic heterocycles. The molecule has 0 aromatic carbocycles. The Morgan fingerprint density at radius 3 is 2.92 bits per heavy atom. The Labute approximate surface area is 78.8 Å². The molecule has 1 rings (SSSR count). The van der Waals surface area contributed by atoms with Crippen molar-refractivity contribution in [3.8, 4) is 0 Å². The molecule has 13 heavy (non-hydrogen) atoms. The highest BCUT2D eigenvalue weighted by Crippen LogP contribution is 1.97. The van der Waals surface area contributed by atoms with E-state index in [1.54, 1.807) is 6.26 Å². The Bertz CT molecular complexity index is 219. The number of rotatable bonds is 7. The molecule has 0 fully saturated rings. The van der Waals surface area contributed by atoms with Gasteiger partial charge in [0.15, 0.2) is 0 Å². The van der Waals surface area contributed by atoms with Gasteiger partial charge in [0.2, 0.25) is 0 Å². The summed E-state index contributed by atoms with van der Waals surface area (Å²) in [6.07, 6.45) is 3.54. The summed E-state index contributed by atoms with van der Waals surface area (Å²) in [6, 6.07) is 3.86. The minimum atomic E-state index is 0.794. The van der Waals surface area contributed by atoms with Crippen LogP contribution < -0.4 is 10.6 Å². The minimum Gasteiger partial charge on any atom is -0.468 e. The molecule has 0 spiro atoms. The Hall–Kier alpha value is -1.06. The molecule has 0 atom stereocenters. The fourth-order valence-corrected chi connectivity index (χ4v) is 1.01. The third kappa shape index (κ3) is 4.50. The molecule has 0 saturated carbocycles. The monoisotopic (exact) mass is 180 g/mol. The minimum absolute atomic E-state index is 0.794. The molecule has 0 radical (unpaired) electrons. The largest absolute Gasteiger partial charge is 0.468 e. The fraction of sp³-hybridized carbons (Fsp3) is 0.400. The van der Waals surface area contributed by atoms with Gasteiger partial charge in [-0.2, -0.15) is 0 Å². The van der Waals surface area contributed by atoms with E-state index < -0.39 is 0 Å². The third-order valence-electron chi connectivity index (χ3n) is 1.65. The highest BCUT2D eigenvalue weighted by molar-refractivity contribution is 4.97. The normalized spacial score (nSPS) is 10.2. The van der Waals surface area contributed by atoms with Crippen LogP contribution in [0, 0.1) is 0 Å². The SMILES string of the molecule is C=CCNCCNCc1ccco1. The van der Waals surface area contributed by atoms with Crippen LogP contribution in [-0.4, -0.2) is 19.6 Å². The van der Waals surface area contributed by atoms with Gasteiger partial charge in [0, 0.05) is 19.6 Å². The average Bonchev–Trinajstić information content (AvgIpc) is 2.63. The first-order chi connectivity index (χ1) is 6.43. The number of furan rings is 1. The molecule has 2 N–H and O–H groups in total. The summed E-state index contributed by atoms with van der Waals surface area (Å²) in [5.74, 6) is 0.976. The van der Waals surface area contributed by atoms with Gasteiger partial charge in [-0.1, -0.05) is 6.08 Å². The van der Waals surface area contributed by atoms with Gasteiger partial charge in [-0.3, -0.25) is 0 Å². The van der Waals surface area contributed by atoms with Crippen LogP contribution in [0.15, 0.2) is 35.5 Å². The van der Waals surface area contributed by atoms with Crippen molar-refractivity contribution in [2.45, 2.75) is 6.54 Å². The molecule has 1 heterocycles. The fourth-order valence-electron chi connectivity index (χ4n) is 1.01. The zero-order valence-electron chi connectivity index (χ0n) is 7.75. The molecule has 72 valence electrons. The second-order valence-electron chi connectivity index (χ2n) is 2.75. The molecular formula is C10H16N2O. The molecule has 0 amide bonds. The van der Waals surface area contributed by atoms with E-state index in [0.717, 1.165) is 31.9 Å². The number of hydrogen-bond donors (Lipinski definition) is 2. The van der Waals surface area contributed by atoms with Crippen molar-refractivity contribution in [3.05, 3.63) is 36.8 Å². The van der Waals surface area contributed by atoms with Crippen molar-refractivity contribution < 1.29 is 4.42 Å². The first kappa shape index (κ1) is 10.0. The highest BCUT2D eigenvalue weighted by Gasteiger charge is 1.92. The quantitative estimate of drug-likeness (QED) is 0.488. The summed E-state index contributed by atoms with van der Waals surface area (Å²) in [7, 11) is 0. The Morgan fingerprint density at radius 1 is 1.38 bits per heavy atom. The van der Waals surface area contributed by atoms with E-state index in [0.29, 0.717) is 0 Å². The van der Waals surface area contributed by atoms with Crippen molar-refractivity contribution in [3.63, 3.8) is 0 Å². The van der Waals surface area contributed by atoms with E-state index in [1.165, 1.54) is 0 Å². The second-order valence-corrected chi connectivity index (χ2v) is 2.75. The van der Waals surface area contributed by atoms with Crippen LogP contribution in [0.25, 0.3) is 0 Å². The van der Waals surface area contributed by atoms with Crippen LogP contribution in [0.4, 0.5) is 0 Å². The maximum Gasteiger partial charge on any atom is 0.117 e. The van der Waals surface area contributed by atoms with Crippen LogP contribution >= 0.6 is 0 Å². The lowest BCUT2D eigenvalue weighted by molar-refractivity contribution is 0.481. The van der Waals surface area contributed by atoms with Gasteiger partial charge in [-0.15, -0.1) is 6.58 Å². The predicted molar refractivity (Wildman–Crippen MR) is 53.5 cm³/mol. The van der Waals surface area contributed by atoms with Crippen LogP contribution in [-0.2, 0) is 6.54 Å². The second kappa shape index (κ2) is 6.46. The molecule has 0 aliphatic carbocycles. The van der Waals surface area contributed by atoms with Crippen LogP contribution in [0.3, 0.4) is 0 Å². The summed E-state index contributed by atoms with van der Waals surface area (Å²) in [5, 5.41) is 6.46. The summed E-state index contributed by atoms with van der Waals surface area (Å²) >= 11 is 0. The Kier molecular flexibility index (Phi) is 4.98. The average molecular weight is 180 g/mol. The molecule has 0 unspecified atom stereocenters. The first-order valence-corrected chi connectivity index (χ1v) is 4.48. The van der Waals surface area contributed by atoms with Gasteiger partial charge in [0.1, 0.15) is 5.76 Å². The smallest absolute Gasteiger partial charge is 0.117 e. The van der Waals surface area contributed by atoms with E-state index >= 15 is 0 Å². The zero-order valence-corrected chi connectivity index (χ0v) is 7.75. The zero-order chi connectivity index (χ0) is 9.36. The molecule has 3 heteroatoms. The van der Waals surface area contributed by atoms with E-state index in [2.05, 4.69) is 17.2 Å². The van der Waals surface area contributed by atoms with Crippen molar-refractivity contribution in [1.82, 2.24) is 10.6 Å². The Balaban J connectivity index is 1.93. The van der Waals surface area contributed by atoms with Crippen LogP contribution in [0.2, 0.25) is 0 Å². The predicted octanol–water partition coefficient (Wildman–Crippen LogP) is 1.14. The standard InChI is InChI=1S/C10H16N2O/c1-2-5-11-6-7-12-9-10-4-3-8-13-10/h2-4,8,11-12H,1,5-7,9H2. The third-order valence-corrected chi connectivity index (χ3v) is 1.65. The van der Waals surface area contributed by atoms with Crippen LogP contribution in [0.5, 0.6) is 0 Å². The van der Waals surface area contributed by atoms with E-state index in [1.807, 2.05) is 18.2 Å². The van der Waals surface area contributed by atoms with Crippen LogP contribution in [0.1, 0.15) is 5.76 Å². The molecule has 1 aromatic heterocycles. The highest BCUT2D eigenvalue weighted by atomic mass is 16.3. The van der Waals surface area contributed by atoms with Gasteiger partial charge in [0.25, 0.3) is 0 Å². The number of hydrogen-bond acceptors (Lipinski definition) is 3. The lowest BCUT2D eigenvalue weighted by atomic mass is 10.4. The van der Waals surface area contributed by atoms with Gasteiger partial charge in [0.05, 0.1) is 12.8 Å². The molecule has 3 nitrogen and oxygen atoms in total. The van der Waals surface area contributed by atoms with Crippen molar-refractivity contribution >= 4 is 0 Å².